The largest absolute Gasteiger partial charge is 0.324 e. The molecule has 3 aromatic carbocycles. The number of aryl methyl sites for hydroxylation is 3. The number of benzene rings is 3. The van der Waals surface area contributed by atoms with E-state index in [-0.39, 0.29) is 11.4 Å². The fraction of sp³-hybridized carbons (Fsp3) is 0.174. The van der Waals surface area contributed by atoms with E-state index in [2.05, 4.69) is 27.9 Å². The number of sulfonamides is 1. The van der Waals surface area contributed by atoms with Gasteiger partial charge in [-0.05, 0) is 103 Å². The average molecular weight is 534 g/mol. The van der Waals surface area contributed by atoms with Crippen molar-refractivity contribution >= 4 is 49.9 Å². The van der Waals surface area contributed by atoms with Crippen LogP contribution < -0.4 is 9.62 Å². The summed E-state index contributed by atoms with van der Waals surface area (Å²) in [5, 5.41) is 2.84. The standard InChI is InChI=1S/C23H23IN2O3S/c1-16-9-11-20(14-17(16)2)26(30(28,29)21-7-5-4-6-8-21)15-23(27)25-22-12-10-19(24)13-18(22)3/h4-14H,15H2,1-3H3,(H,25,27). The highest BCUT2D eigenvalue weighted by molar-refractivity contribution is 14.1. The Hall–Kier alpha value is -2.39. The van der Waals surface area contributed by atoms with Gasteiger partial charge in [0.15, 0.2) is 0 Å². The number of rotatable bonds is 6. The quantitative estimate of drug-likeness (QED) is 0.451. The summed E-state index contributed by atoms with van der Waals surface area (Å²) in [5.74, 6) is -0.406. The highest BCUT2D eigenvalue weighted by Gasteiger charge is 2.27. The molecule has 3 rings (SSSR count). The highest BCUT2D eigenvalue weighted by atomic mass is 127. The molecule has 0 heterocycles. The summed E-state index contributed by atoms with van der Waals surface area (Å²) in [7, 11) is -3.92. The van der Waals surface area contributed by atoms with Crippen molar-refractivity contribution in [3.63, 3.8) is 0 Å². The summed E-state index contributed by atoms with van der Waals surface area (Å²) in [6.45, 7) is 5.45. The minimum atomic E-state index is -3.92. The smallest absolute Gasteiger partial charge is 0.264 e. The van der Waals surface area contributed by atoms with E-state index >= 15 is 0 Å². The van der Waals surface area contributed by atoms with Crippen molar-refractivity contribution in [1.29, 1.82) is 0 Å². The van der Waals surface area contributed by atoms with E-state index in [1.165, 1.54) is 12.1 Å². The Labute approximate surface area is 191 Å². The van der Waals surface area contributed by atoms with Crippen molar-refractivity contribution in [2.24, 2.45) is 0 Å². The number of hydrogen-bond donors (Lipinski definition) is 1. The Balaban J connectivity index is 1.97. The number of carbonyl (C=O) groups is 1. The molecule has 0 atom stereocenters. The van der Waals surface area contributed by atoms with Gasteiger partial charge >= 0.3 is 0 Å². The third-order valence-electron chi connectivity index (χ3n) is 4.86. The van der Waals surface area contributed by atoms with Crippen molar-refractivity contribution < 1.29 is 13.2 Å². The van der Waals surface area contributed by atoms with Gasteiger partial charge in [-0.1, -0.05) is 24.3 Å². The van der Waals surface area contributed by atoms with E-state index in [1.54, 1.807) is 30.3 Å². The molecule has 0 fully saturated rings. The second-order valence-electron chi connectivity index (χ2n) is 7.10. The van der Waals surface area contributed by atoms with Crippen LogP contribution in [-0.4, -0.2) is 20.9 Å². The molecule has 3 aromatic rings. The molecule has 0 saturated carbocycles. The Bertz CT molecular complexity index is 1180. The first-order chi connectivity index (χ1) is 14.2. The number of amides is 1. The minimum Gasteiger partial charge on any atom is -0.324 e. The van der Waals surface area contributed by atoms with Gasteiger partial charge in [0.05, 0.1) is 10.6 Å². The van der Waals surface area contributed by atoms with E-state index < -0.39 is 15.9 Å². The van der Waals surface area contributed by atoms with Crippen LogP contribution in [0, 0.1) is 24.3 Å². The second-order valence-corrected chi connectivity index (χ2v) is 10.2. The number of carbonyl (C=O) groups excluding carboxylic acids is 1. The summed E-state index contributed by atoms with van der Waals surface area (Å²) in [4.78, 5) is 13.0. The lowest BCUT2D eigenvalue weighted by molar-refractivity contribution is -0.114. The Kier molecular flexibility index (Phi) is 6.82. The first-order valence-electron chi connectivity index (χ1n) is 9.39. The SMILES string of the molecule is Cc1ccc(N(CC(=O)Nc2ccc(I)cc2C)S(=O)(=O)c2ccccc2)cc1C. The van der Waals surface area contributed by atoms with E-state index in [0.717, 1.165) is 24.6 Å². The predicted molar refractivity (Wildman–Crippen MR) is 129 cm³/mol. The maximum absolute atomic E-state index is 13.4. The average Bonchev–Trinajstić information content (AvgIpc) is 2.71. The van der Waals surface area contributed by atoms with Crippen LogP contribution in [0.2, 0.25) is 0 Å². The van der Waals surface area contributed by atoms with Crippen molar-refractivity contribution in [3.8, 4) is 0 Å². The molecule has 0 aliphatic heterocycles. The molecule has 0 saturated heterocycles. The number of nitrogens with zero attached hydrogens (tertiary/aromatic N) is 1. The zero-order chi connectivity index (χ0) is 21.9. The zero-order valence-corrected chi connectivity index (χ0v) is 20.0. The fourth-order valence-electron chi connectivity index (χ4n) is 3.00. The van der Waals surface area contributed by atoms with Gasteiger partial charge in [-0.3, -0.25) is 9.10 Å². The van der Waals surface area contributed by atoms with Gasteiger partial charge < -0.3 is 5.32 Å². The van der Waals surface area contributed by atoms with Crippen LogP contribution in [0.15, 0.2) is 71.6 Å². The zero-order valence-electron chi connectivity index (χ0n) is 17.0. The summed E-state index contributed by atoms with van der Waals surface area (Å²) < 4.78 is 29.0. The van der Waals surface area contributed by atoms with Crippen molar-refractivity contribution in [1.82, 2.24) is 0 Å². The van der Waals surface area contributed by atoms with Gasteiger partial charge in [-0.2, -0.15) is 0 Å². The second kappa shape index (κ2) is 9.18. The van der Waals surface area contributed by atoms with Gasteiger partial charge in [0.2, 0.25) is 5.91 Å². The maximum Gasteiger partial charge on any atom is 0.264 e. The van der Waals surface area contributed by atoms with Crippen LogP contribution in [0.4, 0.5) is 11.4 Å². The summed E-state index contributed by atoms with van der Waals surface area (Å²) >= 11 is 2.21. The molecule has 1 amide bonds. The van der Waals surface area contributed by atoms with Crippen LogP contribution in [0.3, 0.4) is 0 Å². The van der Waals surface area contributed by atoms with E-state index in [0.29, 0.717) is 11.4 Å². The third kappa shape index (κ3) is 5.02. The summed E-state index contributed by atoms with van der Waals surface area (Å²) in [5.41, 5.74) is 4.04. The van der Waals surface area contributed by atoms with Crippen LogP contribution >= 0.6 is 22.6 Å². The fourth-order valence-corrected chi connectivity index (χ4v) is 5.08. The van der Waals surface area contributed by atoms with Gasteiger partial charge in [-0.25, -0.2) is 8.42 Å². The Morgan fingerprint density at radius 3 is 2.23 bits per heavy atom. The van der Waals surface area contributed by atoms with Crippen LogP contribution in [0.1, 0.15) is 16.7 Å². The van der Waals surface area contributed by atoms with Gasteiger partial charge in [0, 0.05) is 9.26 Å². The molecule has 0 spiro atoms. The number of anilines is 2. The number of nitrogens with one attached hydrogen (secondary N) is 1. The molecule has 0 bridgehead atoms. The number of hydrogen-bond acceptors (Lipinski definition) is 3. The molecule has 0 aliphatic carbocycles. The molecular weight excluding hydrogens is 511 g/mol. The first-order valence-corrected chi connectivity index (χ1v) is 11.9. The van der Waals surface area contributed by atoms with Gasteiger partial charge in [-0.15, -0.1) is 0 Å². The third-order valence-corrected chi connectivity index (χ3v) is 7.32. The van der Waals surface area contributed by atoms with Gasteiger partial charge in [0.25, 0.3) is 10.0 Å². The molecule has 5 nitrogen and oxygen atoms in total. The molecule has 0 aromatic heterocycles. The summed E-state index contributed by atoms with van der Waals surface area (Å²) in [6.07, 6.45) is 0. The highest BCUT2D eigenvalue weighted by Crippen LogP contribution is 2.26. The molecule has 0 radical (unpaired) electrons. The number of halogens is 1. The maximum atomic E-state index is 13.4. The lowest BCUT2D eigenvalue weighted by atomic mass is 10.1. The molecule has 30 heavy (non-hydrogen) atoms. The minimum absolute atomic E-state index is 0.140. The van der Waals surface area contributed by atoms with Crippen LogP contribution in [0.5, 0.6) is 0 Å². The molecule has 1 N–H and O–H groups in total. The Morgan fingerprint density at radius 2 is 1.60 bits per heavy atom. The molecular formula is C23H23IN2O3S. The molecule has 0 unspecified atom stereocenters. The van der Waals surface area contributed by atoms with Crippen LogP contribution in [-0.2, 0) is 14.8 Å². The topological polar surface area (TPSA) is 66.5 Å². The Morgan fingerprint density at radius 1 is 0.900 bits per heavy atom. The monoisotopic (exact) mass is 534 g/mol. The van der Waals surface area contributed by atoms with E-state index in [9.17, 15) is 13.2 Å². The van der Waals surface area contributed by atoms with Crippen molar-refractivity contribution in [3.05, 3.63) is 87.0 Å². The molecule has 7 heteroatoms. The van der Waals surface area contributed by atoms with Crippen molar-refractivity contribution in [2.45, 2.75) is 25.7 Å². The van der Waals surface area contributed by atoms with Crippen LogP contribution in [0.25, 0.3) is 0 Å². The summed E-state index contributed by atoms with van der Waals surface area (Å²) in [6, 6.07) is 19.2. The van der Waals surface area contributed by atoms with E-state index in [1.807, 2.05) is 45.0 Å². The first kappa shape index (κ1) is 22.3. The van der Waals surface area contributed by atoms with Crippen molar-refractivity contribution in [2.75, 3.05) is 16.2 Å². The lowest BCUT2D eigenvalue weighted by Gasteiger charge is -2.25. The van der Waals surface area contributed by atoms with E-state index in [4.69, 9.17) is 0 Å². The predicted octanol–water partition coefficient (Wildman–Crippen LogP) is 5.05. The van der Waals surface area contributed by atoms with Gasteiger partial charge in [0.1, 0.15) is 6.54 Å². The lowest BCUT2D eigenvalue weighted by Crippen LogP contribution is -2.38. The molecule has 156 valence electrons. The normalized spacial score (nSPS) is 11.2. The molecule has 0 aliphatic rings.